The summed E-state index contributed by atoms with van der Waals surface area (Å²) in [6.07, 6.45) is 0.670. The highest BCUT2D eigenvalue weighted by molar-refractivity contribution is 4.86. The Morgan fingerprint density at radius 2 is 2.38 bits per heavy atom. The van der Waals surface area contributed by atoms with Crippen LogP contribution in [0.15, 0.2) is 0 Å². The minimum Gasteiger partial charge on any atom is -0.393 e. The topological polar surface area (TPSA) is 52.5 Å². The van der Waals surface area contributed by atoms with Crippen LogP contribution >= 0.6 is 0 Å². The summed E-state index contributed by atoms with van der Waals surface area (Å²) in [5, 5.41) is 20.7. The lowest BCUT2D eigenvalue weighted by molar-refractivity contribution is 0.00330. The van der Waals surface area contributed by atoms with Crippen LogP contribution in [0.5, 0.6) is 0 Å². The zero-order valence-electron chi connectivity index (χ0n) is 4.72. The summed E-state index contributed by atoms with van der Waals surface area (Å²) in [6.45, 7) is 1.22. The fourth-order valence-corrected chi connectivity index (χ4v) is 0.865. The first-order valence-electron chi connectivity index (χ1n) is 2.81. The van der Waals surface area contributed by atoms with E-state index in [-0.39, 0.29) is 6.61 Å². The molecule has 3 nitrogen and oxygen atoms in total. The van der Waals surface area contributed by atoms with Crippen molar-refractivity contribution in [2.24, 2.45) is 0 Å². The molecule has 0 bridgehead atoms. The molecule has 1 rings (SSSR count). The van der Waals surface area contributed by atoms with Gasteiger partial charge in [0.2, 0.25) is 0 Å². The fraction of sp³-hybridized carbons (Fsp3) is 1.00. The molecule has 8 heavy (non-hydrogen) atoms. The Labute approximate surface area is 48.3 Å². The zero-order chi connectivity index (χ0) is 6.04. The molecule has 0 amide bonds. The highest BCUT2D eigenvalue weighted by Crippen LogP contribution is 2.11. The average molecular weight is 117 g/mol. The van der Waals surface area contributed by atoms with Crippen LogP contribution in [-0.4, -0.2) is 35.5 Å². The smallest absolute Gasteiger partial charge is 0.101 e. The van der Waals surface area contributed by atoms with E-state index in [4.69, 9.17) is 5.11 Å². The van der Waals surface area contributed by atoms with Crippen LogP contribution in [0.25, 0.3) is 0 Å². The van der Waals surface area contributed by atoms with Gasteiger partial charge in [-0.15, -0.1) is 0 Å². The van der Waals surface area contributed by atoms with Crippen LogP contribution in [0.3, 0.4) is 0 Å². The van der Waals surface area contributed by atoms with E-state index < -0.39 is 5.60 Å². The summed E-state index contributed by atoms with van der Waals surface area (Å²) in [7, 11) is 0. The number of nitrogens with one attached hydrogen (secondary N) is 1. The predicted molar refractivity (Wildman–Crippen MR) is 29.5 cm³/mol. The number of hydrogen-bond acceptors (Lipinski definition) is 3. The van der Waals surface area contributed by atoms with Crippen molar-refractivity contribution in [3.63, 3.8) is 0 Å². The lowest BCUT2D eigenvalue weighted by atomic mass is 10.1. The second kappa shape index (κ2) is 2.01. The Morgan fingerprint density at radius 1 is 1.62 bits per heavy atom. The van der Waals surface area contributed by atoms with Crippen molar-refractivity contribution < 1.29 is 10.2 Å². The van der Waals surface area contributed by atoms with E-state index in [0.717, 1.165) is 6.54 Å². The third-order valence-electron chi connectivity index (χ3n) is 1.52. The maximum atomic E-state index is 9.19. The minimum absolute atomic E-state index is 0.125. The molecule has 0 unspecified atom stereocenters. The van der Waals surface area contributed by atoms with Crippen LogP contribution < -0.4 is 5.32 Å². The van der Waals surface area contributed by atoms with E-state index in [1.807, 2.05) is 0 Å². The van der Waals surface area contributed by atoms with Crippen LogP contribution in [0.1, 0.15) is 6.42 Å². The first-order valence-corrected chi connectivity index (χ1v) is 2.81. The summed E-state index contributed by atoms with van der Waals surface area (Å²) in [6, 6.07) is 0. The van der Waals surface area contributed by atoms with Crippen LogP contribution in [0, 0.1) is 0 Å². The van der Waals surface area contributed by atoms with Gasteiger partial charge >= 0.3 is 0 Å². The Balaban J connectivity index is 2.40. The van der Waals surface area contributed by atoms with Gasteiger partial charge in [-0.3, -0.25) is 0 Å². The van der Waals surface area contributed by atoms with Crippen LogP contribution in [0.2, 0.25) is 0 Å². The van der Waals surface area contributed by atoms with Crippen molar-refractivity contribution in [2.75, 3.05) is 19.7 Å². The molecule has 1 heterocycles. The summed E-state index contributed by atoms with van der Waals surface area (Å²) in [5.74, 6) is 0. The van der Waals surface area contributed by atoms with Crippen molar-refractivity contribution in [3.05, 3.63) is 0 Å². The van der Waals surface area contributed by atoms with E-state index >= 15 is 0 Å². The molecule has 0 aromatic carbocycles. The molecule has 0 saturated carbocycles. The highest BCUT2D eigenvalue weighted by Gasteiger charge is 2.29. The molecule has 0 aromatic heterocycles. The normalized spacial score (nSPS) is 38.2. The molecule has 0 spiro atoms. The van der Waals surface area contributed by atoms with E-state index in [1.165, 1.54) is 0 Å². The molecular weight excluding hydrogens is 106 g/mol. The Morgan fingerprint density at radius 3 is 2.62 bits per heavy atom. The van der Waals surface area contributed by atoms with Gasteiger partial charge in [-0.05, 0) is 13.0 Å². The third-order valence-corrected chi connectivity index (χ3v) is 1.52. The molecule has 0 radical (unpaired) electrons. The maximum Gasteiger partial charge on any atom is 0.101 e. The second-order valence-electron chi connectivity index (χ2n) is 2.31. The molecule has 1 aliphatic rings. The molecule has 0 aromatic rings. The molecule has 1 atom stereocenters. The van der Waals surface area contributed by atoms with E-state index in [1.54, 1.807) is 0 Å². The van der Waals surface area contributed by atoms with Gasteiger partial charge in [0.05, 0.1) is 6.61 Å². The Kier molecular flexibility index (Phi) is 1.51. The number of aliphatic hydroxyl groups excluding tert-OH is 1. The van der Waals surface area contributed by atoms with Gasteiger partial charge in [-0.1, -0.05) is 0 Å². The summed E-state index contributed by atoms with van der Waals surface area (Å²) in [4.78, 5) is 0. The predicted octanol–water partition coefficient (Wildman–Crippen LogP) is -1.30. The molecule has 1 aliphatic heterocycles. The molecular formula is C5H11NO2. The van der Waals surface area contributed by atoms with Gasteiger partial charge in [0.15, 0.2) is 0 Å². The van der Waals surface area contributed by atoms with Crippen molar-refractivity contribution in [2.45, 2.75) is 12.0 Å². The van der Waals surface area contributed by atoms with Crippen molar-refractivity contribution in [1.82, 2.24) is 5.32 Å². The van der Waals surface area contributed by atoms with Crippen molar-refractivity contribution in [3.8, 4) is 0 Å². The monoisotopic (exact) mass is 117 g/mol. The molecule has 1 saturated heterocycles. The summed E-state index contributed by atoms with van der Waals surface area (Å²) in [5.41, 5.74) is -0.819. The van der Waals surface area contributed by atoms with Crippen LogP contribution in [-0.2, 0) is 0 Å². The van der Waals surface area contributed by atoms with Gasteiger partial charge in [0, 0.05) is 6.54 Å². The van der Waals surface area contributed by atoms with Gasteiger partial charge in [-0.2, -0.15) is 0 Å². The average Bonchev–Trinajstić information content (AvgIpc) is 2.17. The lowest BCUT2D eigenvalue weighted by Gasteiger charge is -2.16. The summed E-state index contributed by atoms with van der Waals surface area (Å²) >= 11 is 0. The van der Waals surface area contributed by atoms with Gasteiger partial charge in [-0.25, -0.2) is 0 Å². The highest BCUT2D eigenvalue weighted by atomic mass is 16.3. The van der Waals surface area contributed by atoms with Gasteiger partial charge < -0.3 is 15.5 Å². The Hall–Kier alpha value is -0.120. The number of rotatable bonds is 1. The molecule has 3 heteroatoms. The standard InChI is InChI=1S/C5H11NO2/c7-4-5(8)1-2-6-3-5/h6-8H,1-4H2/t5-/m0/s1. The fourth-order valence-electron chi connectivity index (χ4n) is 0.865. The molecule has 0 aliphatic carbocycles. The number of aliphatic hydroxyl groups is 2. The second-order valence-corrected chi connectivity index (χ2v) is 2.31. The van der Waals surface area contributed by atoms with Gasteiger partial charge in [0.1, 0.15) is 5.60 Å². The van der Waals surface area contributed by atoms with Crippen molar-refractivity contribution >= 4 is 0 Å². The zero-order valence-corrected chi connectivity index (χ0v) is 4.72. The third kappa shape index (κ3) is 0.992. The molecule has 1 fully saturated rings. The lowest BCUT2D eigenvalue weighted by Crippen LogP contribution is -2.35. The summed E-state index contributed by atoms with van der Waals surface area (Å²) < 4.78 is 0. The Bertz CT molecular complexity index is 78.5. The number of hydrogen-bond donors (Lipinski definition) is 3. The van der Waals surface area contributed by atoms with Crippen LogP contribution in [0.4, 0.5) is 0 Å². The SMILES string of the molecule is OC[C@]1(O)CCNC1. The molecule has 48 valence electrons. The quantitative estimate of drug-likeness (QED) is 0.400. The molecule has 3 N–H and O–H groups in total. The number of β-amino-alcohol motifs (C(OH)–C–C–N with tert-alkyl or cyclic N) is 1. The minimum atomic E-state index is -0.819. The first kappa shape index (κ1) is 6.01. The van der Waals surface area contributed by atoms with E-state index in [2.05, 4.69) is 5.32 Å². The van der Waals surface area contributed by atoms with E-state index in [0.29, 0.717) is 13.0 Å². The maximum absolute atomic E-state index is 9.19. The van der Waals surface area contributed by atoms with Gasteiger partial charge in [0.25, 0.3) is 0 Å². The largest absolute Gasteiger partial charge is 0.393 e. The first-order chi connectivity index (χ1) is 3.77. The van der Waals surface area contributed by atoms with Crippen molar-refractivity contribution in [1.29, 1.82) is 0 Å². The van der Waals surface area contributed by atoms with E-state index in [9.17, 15) is 5.11 Å².